The number of nitrogens with zero attached hydrogens (tertiary/aromatic N) is 1. The van der Waals surface area contributed by atoms with Gasteiger partial charge in [0.25, 0.3) is 0 Å². The molecule has 47 heavy (non-hydrogen) atoms. The topological polar surface area (TPSA) is 4.93 Å². The smallest absolute Gasteiger partial charge is 0.0541 e. The number of benzene rings is 7. The Labute approximate surface area is 278 Å². The van der Waals surface area contributed by atoms with Gasteiger partial charge in [-0.25, -0.2) is 0 Å². The summed E-state index contributed by atoms with van der Waals surface area (Å²) in [6, 6.07) is 51.9. The van der Waals surface area contributed by atoms with Gasteiger partial charge in [0.1, 0.15) is 0 Å². The summed E-state index contributed by atoms with van der Waals surface area (Å²) in [4.78, 5) is 0. The Kier molecular flexibility index (Phi) is 6.67. The molecule has 1 aromatic heterocycles. The minimum absolute atomic E-state index is 0.0413. The molecule has 8 aromatic rings. The van der Waals surface area contributed by atoms with Crippen LogP contribution < -0.4 is 0 Å². The van der Waals surface area contributed by atoms with Gasteiger partial charge in [0, 0.05) is 16.5 Å². The van der Waals surface area contributed by atoms with Crippen molar-refractivity contribution in [2.75, 3.05) is 0 Å². The molecule has 0 spiro atoms. The van der Waals surface area contributed by atoms with Gasteiger partial charge in [-0.2, -0.15) is 0 Å². The Bertz CT molecular complexity index is 2320. The molecule has 0 aliphatic rings. The normalized spacial score (nSPS) is 12.5. The van der Waals surface area contributed by atoms with Crippen LogP contribution in [0.5, 0.6) is 0 Å². The molecule has 0 amide bonds. The zero-order valence-corrected chi connectivity index (χ0v) is 28.2. The Morgan fingerprint density at radius 2 is 0.723 bits per heavy atom. The second-order valence-electron chi connectivity index (χ2n) is 15.1. The molecule has 7 aromatic carbocycles. The first-order valence-electron chi connectivity index (χ1n) is 16.8. The highest BCUT2D eigenvalue weighted by Crippen LogP contribution is 2.45. The third kappa shape index (κ3) is 4.84. The van der Waals surface area contributed by atoms with Crippen molar-refractivity contribution in [2.24, 2.45) is 0 Å². The molecular weight excluding hydrogens is 567 g/mol. The van der Waals surface area contributed by atoms with Crippen LogP contribution >= 0.6 is 0 Å². The number of fused-ring (bicyclic) bond motifs is 5. The number of hydrogen-bond donors (Lipinski definition) is 0. The summed E-state index contributed by atoms with van der Waals surface area (Å²) in [5.74, 6) is 0. The molecule has 0 N–H and O–H groups in total. The maximum atomic E-state index is 2.43. The van der Waals surface area contributed by atoms with Gasteiger partial charge in [-0.3, -0.25) is 0 Å². The van der Waals surface area contributed by atoms with Gasteiger partial charge in [-0.1, -0.05) is 157 Å². The van der Waals surface area contributed by atoms with Crippen molar-refractivity contribution in [2.45, 2.75) is 52.4 Å². The minimum atomic E-state index is 0.0413. The van der Waals surface area contributed by atoms with Crippen molar-refractivity contribution in [3.8, 4) is 27.9 Å². The molecule has 0 fully saturated rings. The second-order valence-corrected chi connectivity index (χ2v) is 15.1. The number of para-hydroxylation sites is 2. The molecule has 0 bridgehead atoms. The van der Waals surface area contributed by atoms with Crippen molar-refractivity contribution in [3.63, 3.8) is 0 Å². The number of hydrogen-bond acceptors (Lipinski definition) is 0. The third-order valence-electron chi connectivity index (χ3n) is 9.88. The molecule has 8 rings (SSSR count). The van der Waals surface area contributed by atoms with E-state index >= 15 is 0 Å². The van der Waals surface area contributed by atoms with Gasteiger partial charge >= 0.3 is 0 Å². The highest BCUT2D eigenvalue weighted by molar-refractivity contribution is 6.21. The molecule has 230 valence electrons. The molecule has 0 atom stereocenters. The molecule has 0 unspecified atom stereocenters. The summed E-state index contributed by atoms with van der Waals surface area (Å²) in [6.45, 7) is 13.9. The Hall–Kier alpha value is -5.14. The second kappa shape index (κ2) is 10.7. The van der Waals surface area contributed by atoms with Crippen LogP contribution in [0, 0.1) is 0 Å². The average Bonchev–Trinajstić information content (AvgIpc) is 3.41. The highest BCUT2D eigenvalue weighted by Gasteiger charge is 2.23. The molecule has 0 saturated carbocycles. The largest absolute Gasteiger partial charge is 0.309 e. The fourth-order valence-electron chi connectivity index (χ4n) is 7.37. The summed E-state index contributed by atoms with van der Waals surface area (Å²) in [5.41, 5.74) is 11.6. The van der Waals surface area contributed by atoms with E-state index < -0.39 is 0 Å². The van der Waals surface area contributed by atoms with E-state index in [1.165, 1.54) is 82.4 Å². The standard InChI is InChI=1S/C46H41N/c1-45(2,3)32-27-31(28-33(29-32)46(4,5)6)44-39-19-9-7-17-37(39)43(38-18-8-10-20-40(38)44)30-23-25-34(26-24-30)47-41-21-13-11-15-35(41)36-16-12-14-22-42(36)47/h7-29H,1-6H3. The van der Waals surface area contributed by atoms with E-state index in [1.807, 2.05) is 0 Å². The lowest BCUT2D eigenvalue weighted by atomic mass is 9.77. The van der Waals surface area contributed by atoms with Crippen molar-refractivity contribution in [1.29, 1.82) is 0 Å². The van der Waals surface area contributed by atoms with Crippen molar-refractivity contribution < 1.29 is 0 Å². The van der Waals surface area contributed by atoms with Crippen LogP contribution in [0.1, 0.15) is 52.7 Å². The van der Waals surface area contributed by atoms with E-state index in [0.29, 0.717) is 0 Å². The van der Waals surface area contributed by atoms with E-state index in [-0.39, 0.29) is 10.8 Å². The van der Waals surface area contributed by atoms with Crippen molar-refractivity contribution in [1.82, 2.24) is 4.57 Å². The maximum absolute atomic E-state index is 2.43. The highest BCUT2D eigenvalue weighted by atomic mass is 15.0. The van der Waals surface area contributed by atoms with Crippen LogP contribution in [-0.2, 0) is 10.8 Å². The Morgan fingerprint density at radius 3 is 1.13 bits per heavy atom. The van der Waals surface area contributed by atoms with Gasteiger partial charge in [0.2, 0.25) is 0 Å². The molecule has 1 nitrogen and oxygen atoms in total. The van der Waals surface area contributed by atoms with Crippen LogP contribution in [0.3, 0.4) is 0 Å². The quantitative estimate of drug-likeness (QED) is 0.176. The molecule has 1 heteroatoms. The molecule has 0 radical (unpaired) electrons. The van der Waals surface area contributed by atoms with Gasteiger partial charge in [-0.15, -0.1) is 0 Å². The predicted molar refractivity (Wildman–Crippen MR) is 204 cm³/mol. The summed E-state index contributed by atoms with van der Waals surface area (Å²) in [5, 5.41) is 7.71. The Balaban J connectivity index is 1.37. The van der Waals surface area contributed by atoms with Gasteiger partial charge in [-0.05, 0) is 90.0 Å². The first-order chi connectivity index (χ1) is 22.6. The fourth-order valence-corrected chi connectivity index (χ4v) is 7.37. The van der Waals surface area contributed by atoms with Gasteiger partial charge < -0.3 is 4.57 Å². The van der Waals surface area contributed by atoms with E-state index in [0.717, 1.165) is 0 Å². The predicted octanol–water partition coefficient (Wildman–Crippen LogP) is 13.0. The van der Waals surface area contributed by atoms with Crippen LogP contribution in [-0.4, -0.2) is 4.57 Å². The van der Waals surface area contributed by atoms with E-state index in [2.05, 4.69) is 186 Å². The average molecular weight is 608 g/mol. The Morgan fingerprint density at radius 1 is 0.362 bits per heavy atom. The lowest BCUT2D eigenvalue weighted by Gasteiger charge is -2.27. The molecule has 0 aliphatic carbocycles. The molecule has 0 saturated heterocycles. The monoisotopic (exact) mass is 607 g/mol. The lowest BCUT2D eigenvalue weighted by Crippen LogP contribution is -2.16. The van der Waals surface area contributed by atoms with Gasteiger partial charge in [0.05, 0.1) is 11.0 Å². The number of rotatable bonds is 3. The first-order valence-corrected chi connectivity index (χ1v) is 16.8. The maximum Gasteiger partial charge on any atom is 0.0541 e. The van der Waals surface area contributed by atoms with E-state index in [9.17, 15) is 0 Å². The molecular formula is C46H41N. The zero-order chi connectivity index (χ0) is 32.5. The van der Waals surface area contributed by atoms with Crippen LogP contribution in [0.4, 0.5) is 0 Å². The molecule has 0 aliphatic heterocycles. The van der Waals surface area contributed by atoms with Crippen LogP contribution in [0.25, 0.3) is 71.3 Å². The fraction of sp³-hybridized carbons (Fsp3) is 0.174. The molecule has 1 heterocycles. The zero-order valence-electron chi connectivity index (χ0n) is 28.2. The van der Waals surface area contributed by atoms with E-state index in [1.54, 1.807) is 0 Å². The number of aromatic nitrogens is 1. The summed E-state index contributed by atoms with van der Waals surface area (Å²) < 4.78 is 2.39. The SMILES string of the molecule is CC(C)(C)c1cc(-c2c3ccccc3c(-c3ccc(-n4c5ccccc5c5ccccc54)cc3)c3ccccc23)cc(C(C)(C)C)c1. The summed E-state index contributed by atoms with van der Waals surface area (Å²) in [7, 11) is 0. The van der Waals surface area contributed by atoms with E-state index in [4.69, 9.17) is 0 Å². The van der Waals surface area contributed by atoms with Crippen molar-refractivity contribution in [3.05, 3.63) is 151 Å². The van der Waals surface area contributed by atoms with Crippen molar-refractivity contribution >= 4 is 43.4 Å². The van der Waals surface area contributed by atoms with Gasteiger partial charge in [0.15, 0.2) is 0 Å². The van der Waals surface area contributed by atoms with Crippen LogP contribution in [0.2, 0.25) is 0 Å². The first kappa shape index (κ1) is 29.3. The van der Waals surface area contributed by atoms with Crippen LogP contribution in [0.15, 0.2) is 140 Å². The lowest BCUT2D eigenvalue weighted by molar-refractivity contribution is 0.569. The third-order valence-corrected chi connectivity index (χ3v) is 9.88. The minimum Gasteiger partial charge on any atom is -0.309 e. The summed E-state index contributed by atoms with van der Waals surface area (Å²) >= 11 is 0. The summed E-state index contributed by atoms with van der Waals surface area (Å²) in [6.07, 6.45) is 0.